The Kier molecular flexibility index (Phi) is 6.01. The molecule has 2 amide bonds. The first-order chi connectivity index (χ1) is 15.5. The molecule has 0 bridgehead atoms. The predicted molar refractivity (Wildman–Crippen MR) is 113 cm³/mol. The molecule has 1 aliphatic rings. The maximum absolute atomic E-state index is 12.9. The average Bonchev–Trinajstić information content (AvgIpc) is 3.26. The van der Waals surface area contributed by atoms with E-state index < -0.39 is 5.56 Å². The summed E-state index contributed by atoms with van der Waals surface area (Å²) in [6, 6.07) is 7.13. The van der Waals surface area contributed by atoms with Crippen LogP contribution in [0.4, 0.5) is 4.79 Å². The molecule has 0 spiro atoms. The van der Waals surface area contributed by atoms with E-state index in [0.29, 0.717) is 44.2 Å². The van der Waals surface area contributed by atoms with Crippen LogP contribution in [-0.2, 0) is 16.1 Å². The molecule has 0 atom stereocenters. The van der Waals surface area contributed by atoms with Gasteiger partial charge in [-0.1, -0.05) is 11.3 Å². The maximum atomic E-state index is 12.9. The van der Waals surface area contributed by atoms with Gasteiger partial charge in [0.2, 0.25) is 5.91 Å². The van der Waals surface area contributed by atoms with E-state index in [-0.39, 0.29) is 29.7 Å². The summed E-state index contributed by atoms with van der Waals surface area (Å²) < 4.78 is 12.9. The second-order valence-electron chi connectivity index (χ2n) is 7.12. The van der Waals surface area contributed by atoms with Crippen LogP contribution in [0.1, 0.15) is 6.92 Å². The molecule has 1 fully saturated rings. The van der Waals surface area contributed by atoms with Crippen LogP contribution in [0.25, 0.3) is 16.9 Å². The summed E-state index contributed by atoms with van der Waals surface area (Å²) in [5.41, 5.74) is 0.542. The molecule has 0 N–H and O–H groups in total. The van der Waals surface area contributed by atoms with E-state index >= 15 is 0 Å². The van der Waals surface area contributed by atoms with Crippen LogP contribution in [-0.4, -0.2) is 86.2 Å². The summed E-state index contributed by atoms with van der Waals surface area (Å²) >= 11 is 0. The molecular formula is C20H23N7O5. The van der Waals surface area contributed by atoms with Gasteiger partial charge in [-0.2, -0.15) is 4.68 Å². The lowest BCUT2D eigenvalue weighted by molar-refractivity contribution is -0.133. The van der Waals surface area contributed by atoms with Crippen LogP contribution >= 0.6 is 0 Å². The Morgan fingerprint density at radius 3 is 2.59 bits per heavy atom. The number of carbonyl (C=O) groups is 2. The van der Waals surface area contributed by atoms with Crippen molar-refractivity contribution in [3.63, 3.8) is 0 Å². The molecule has 3 aromatic rings. The van der Waals surface area contributed by atoms with E-state index in [0.717, 1.165) is 0 Å². The molecule has 0 saturated carbocycles. The van der Waals surface area contributed by atoms with E-state index in [2.05, 4.69) is 15.3 Å². The molecule has 4 rings (SSSR count). The van der Waals surface area contributed by atoms with Crippen molar-refractivity contribution in [2.75, 3.05) is 39.9 Å². The Hall–Kier alpha value is -3.96. The van der Waals surface area contributed by atoms with E-state index in [4.69, 9.17) is 9.47 Å². The fourth-order valence-corrected chi connectivity index (χ4v) is 3.47. The zero-order valence-electron chi connectivity index (χ0n) is 17.8. The third kappa shape index (κ3) is 4.11. The third-order valence-corrected chi connectivity index (χ3v) is 5.19. The lowest BCUT2D eigenvalue weighted by Crippen LogP contribution is -2.51. The first-order valence-electron chi connectivity index (χ1n) is 10.2. The highest BCUT2D eigenvalue weighted by Gasteiger charge is 2.25. The van der Waals surface area contributed by atoms with Crippen molar-refractivity contribution in [2.24, 2.45) is 0 Å². The van der Waals surface area contributed by atoms with Gasteiger partial charge in [0, 0.05) is 32.2 Å². The van der Waals surface area contributed by atoms with E-state index in [9.17, 15) is 14.4 Å². The van der Waals surface area contributed by atoms with Crippen LogP contribution < -0.4 is 10.3 Å². The fraction of sp³-hybridized carbons (Fsp3) is 0.400. The van der Waals surface area contributed by atoms with Crippen molar-refractivity contribution < 1.29 is 19.1 Å². The number of carbonyl (C=O) groups excluding carboxylic acids is 2. The SMILES string of the molecule is CCOC(=O)N1CCN(C(=O)Cn2cnc3c(nnn3-c3cccc(OC)c3)c2=O)CC1. The monoisotopic (exact) mass is 441 g/mol. The molecule has 0 radical (unpaired) electrons. The molecule has 168 valence electrons. The number of aromatic nitrogens is 5. The topological polar surface area (TPSA) is 125 Å². The van der Waals surface area contributed by atoms with Crippen molar-refractivity contribution in [1.82, 2.24) is 34.3 Å². The van der Waals surface area contributed by atoms with Gasteiger partial charge in [-0.25, -0.2) is 9.78 Å². The smallest absolute Gasteiger partial charge is 0.409 e. The number of methoxy groups -OCH3 is 1. The van der Waals surface area contributed by atoms with Crippen molar-refractivity contribution in [3.05, 3.63) is 40.9 Å². The molecule has 0 unspecified atom stereocenters. The van der Waals surface area contributed by atoms with Gasteiger partial charge in [0.15, 0.2) is 11.2 Å². The lowest BCUT2D eigenvalue weighted by atomic mass is 10.3. The quantitative estimate of drug-likeness (QED) is 0.553. The number of hydrogen-bond acceptors (Lipinski definition) is 8. The molecule has 1 aliphatic heterocycles. The summed E-state index contributed by atoms with van der Waals surface area (Å²) in [5, 5.41) is 8.01. The molecule has 12 heteroatoms. The second-order valence-corrected chi connectivity index (χ2v) is 7.12. The number of hydrogen-bond donors (Lipinski definition) is 0. The summed E-state index contributed by atoms with van der Waals surface area (Å²) in [7, 11) is 1.56. The number of nitrogens with zero attached hydrogens (tertiary/aromatic N) is 7. The lowest BCUT2D eigenvalue weighted by Gasteiger charge is -2.34. The normalized spacial score (nSPS) is 13.9. The van der Waals surface area contributed by atoms with Crippen molar-refractivity contribution in [2.45, 2.75) is 13.5 Å². The largest absolute Gasteiger partial charge is 0.497 e. The molecule has 12 nitrogen and oxygen atoms in total. The molecule has 3 heterocycles. The molecule has 0 aliphatic carbocycles. The van der Waals surface area contributed by atoms with E-state index in [1.165, 1.54) is 15.6 Å². The van der Waals surface area contributed by atoms with Gasteiger partial charge < -0.3 is 19.3 Å². The Labute approximate surface area is 182 Å². The highest BCUT2D eigenvalue weighted by molar-refractivity contribution is 5.77. The molecule has 2 aromatic heterocycles. The van der Waals surface area contributed by atoms with Crippen LogP contribution in [0, 0.1) is 0 Å². The van der Waals surface area contributed by atoms with Gasteiger partial charge in [-0.15, -0.1) is 5.10 Å². The minimum atomic E-state index is -0.456. The Balaban J connectivity index is 1.49. The highest BCUT2D eigenvalue weighted by atomic mass is 16.6. The van der Waals surface area contributed by atoms with Gasteiger partial charge in [0.05, 0.1) is 19.4 Å². The Morgan fingerprint density at radius 1 is 1.12 bits per heavy atom. The van der Waals surface area contributed by atoms with Gasteiger partial charge >= 0.3 is 6.09 Å². The van der Waals surface area contributed by atoms with Gasteiger partial charge in [-0.3, -0.25) is 14.2 Å². The summed E-state index contributed by atoms with van der Waals surface area (Å²) in [6.07, 6.45) is 0.932. The molecule has 32 heavy (non-hydrogen) atoms. The second kappa shape index (κ2) is 9.04. The van der Waals surface area contributed by atoms with Crippen LogP contribution in [0.2, 0.25) is 0 Å². The standard InChI is InChI=1S/C20H23N7O5/c1-3-32-20(30)25-9-7-24(8-10-25)16(28)12-26-13-21-18-17(19(26)29)22-23-27(18)14-5-4-6-15(11-14)31-2/h4-6,11,13H,3,7-10,12H2,1-2H3. The minimum Gasteiger partial charge on any atom is -0.497 e. The third-order valence-electron chi connectivity index (χ3n) is 5.19. The minimum absolute atomic E-state index is 0.0650. The predicted octanol–water partition coefficient (Wildman–Crippen LogP) is 0.286. The Bertz CT molecular complexity index is 1200. The zero-order valence-corrected chi connectivity index (χ0v) is 17.8. The number of ether oxygens (including phenoxy) is 2. The molecule has 1 aromatic carbocycles. The first-order valence-corrected chi connectivity index (χ1v) is 10.2. The number of fused-ring (bicyclic) bond motifs is 1. The summed E-state index contributed by atoms with van der Waals surface area (Å²) in [5.74, 6) is 0.394. The number of piperazine rings is 1. The molecular weight excluding hydrogens is 418 g/mol. The van der Waals surface area contributed by atoms with Crippen LogP contribution in [0.3, 0.4) is 0 Å². The van der Waals surface area contributed by atoms with Crippen molar-refractivity contribution in [1.29, 1.82) is 0 Å². The maximum Gasteiger partial charge on any atom is 0.409 e. The summed E-state index contributed by atoms with van der Waals surface area (Å²) in [4.78, 5) is 44.9. The van der Waals surface area contributed by atoms with E-state index in [1.54, 1.807) is 48.1 Å². The number of benzene rings is 1. The number of amides is 2. The van der Waals surface area contributed by atoms with Gasteiger partial charge in [0.25, 0.3) is 5.56 Å². The van der Waals surface area contributed by atoms with Crippen molar-refractivity contribution >= 4 is 23.2 Å². The average molecular weight is 441 g/mol. The summed E-state index contributed by atoms with van der Waals surface area (Å²) in [6.45, 7) is 3.38. The van der Waals surface area contributed by atoms with E-state index in [1.807, 2.05) is 0 Å². The van der Waals surface area contributed by atoms with Gasteiger partial charge in [0.1, 0.15) is 18.6 Å². The zero-order chi connectivity index (χ0) is 22.7. The fourth-order valence-electron chi connectivity index (χ4n) is 3.47. The number of rotatable bonds is 5. The van der Waals surface area contributed by atoms with Crippen LogP contribution in [0.5, 0.6) is 5.75 Å². The first kappa shape index (κ1) is 21.3. The Morgan fingerprint density at radius 2 is 1.88 bits per heavy atom. The highest BCUT2D eigenvalue weighted by Crippen LogP contribution is 2.18. The van der Waals surface area contributed by atoms with Gasteiger partial charge in [-0.05, 0) is 19.1 Å². The van der Waals surface area contributed by atoms with Crippen molar-refractivity contribution in [3.8, 4) is 11.4 Å². The molecule has 1 saturated heterocycles. The van der Waals surface area contributed by atoms with Crippen LogP contribution in [0.15, 0.2) is 35.4 Å².